The van der Waals surface area contributed by atoms with Crippen molar-refractivity contribution in [2.75, 3.05) is 6.61 Å². The van der Waals surface area contributed by atoms with Crippen LogP contribution in [0.2, 0.25) is 0 Å². The summed E-state index contributed by atoms with van der Waals surface area (Å²) in [5.41, 5.74) is 1.01. The molecule has 0 aliphatic rings. The summed E-state index contributed by atoms with van der Waals surface area (Å²) >= 11 is 0. The largest absolute Gasteiger partial charge is 0.492 e. The fourth-order valence-corrected chi connectivity index (χ4v) is 0.730. The van der Waals surface area contributed by atoms with Gasteiger partial charge in [-0.3, -0.25) is 9.97 Å². The van der Waals surface area contributed by atoms with Crippen molar-refractivity contribution in [3.63, 3.8) is 0 Å². The zero-order valence-corrected chi connectivity index (χ0v) is 6.95. The Bertz CT molecular complexity index is 271. The summed E-state index contributed by atoms with van der Waals surface area (Å²) in [5, 5.41) is 0. The van der Waals surface area contributed by atoms with Crippen molar-refractivity contribution in [3.8, 4) is 0 Å². The van der Waals surface area contributed by atoms with Crippen LogP contribution < -0.4 is 5.59 Å². The van der Waals surface area contributed by atoms with Crippen LogP contribution in [0, 0.1) is 0 Å². The van der Waals surface area contributed by atoms with Crippen LogP contribution in [0.25, 0.3) is 5.76 Å². The first kappa shape index (κ1) is 8.78. The highest BCUT2D eigenvalue weighted by molar-refractivity contribution is 6.30. The quantitative estimate of drug-likeness (QED) is 0.470. The summed E-state index contributed by atoms with van der Waals surface area (Å²) in [6.45, 7) is 6.14. The third-order valence-electron chi connectivity index (χ3n) is 1.28. The van der Waals surface area contributed by atoms with Crippen LogP contribution >= 0.6 is 0 Å². The topological polar surface area (TPSA) is 35.0 Å². The SMILES string of the molecule is [B]c1cnc(C(=C)OCC)cn1. The van der Waals surface area contributed by atoms with E-state index in [0.717, 1.165) is 0 Å². The minimum Gasteiger partial charge on any atom is -0.492 e. The highest BCUT2D eigenvalue weighted by atomic mass is 16.5. The first-order chi connectivity index (χ1) is 5.74. The number of nitrogens with zero attached hydrogens (tertiary/aromatic N) is 2. The van der Waals surface area contributed by atoms with Gasteiger partial charge in [-0.25, -0.2) is 0 Å². The maximum Gasteiger partial charge on any atom is 0.143 e. The lowest BCUT2D eigenvalue weighted by atomic mass is 10.1. The smallest absolute Gasteiger partial charge is 0.143 e. The zero-order chi connectivity index (χ0) is 8.97. The first-order valence-corrected chi connectivity index (χ1v) is 3.63. The molecule has 0 fully saturated rings. The van der Waals surface area contributed by atoms with Gasteiger partial charge in [0, 0.05) is 11.8 Å². The molecule has 0 aliphatic carbocycles. The first-order valence-electron chi connectivity index (χ1n) is 3.63. The lowest BCUT2D eigenvalue weighted by molar-refractivity contribution is 0.297. The van der Waals surface area contributed by atoms with Crippen LogP contribution in [0.4, 0.5) is 0 Å². The predicted molar refractivity (Wildman–Crippen MR) is 48.1 cm³/mol. The van der Waals surface area contributed by atoms with E-state index in [4.69, 9.17) is 12.6 Å². The second kappa shape index (κ2) is 3.90. The Morgan fingerprint density at radius 3 is 2.83 bits per heavy atom. The number of hydrogen-bond acceptors (Lipinski definition) is 3. The summed E-state index contributed by atoms with van der Waals surface area (Å²) in [4.78, 5) is 7.84. The van der Waals surface area contributed by atoms with E-state index < -0.39 is 0 Å². The molecule has 2 radical (unpaired) electrons. The van der Waals surface area contributed by atoms with Crippen molar-refractivity contribution in [1.82, 2.24) is 9.97 Å². The molecule has 0 N–H and O–H groups in total. The van der Waals surface area contributed by atoms with Crippen molar-refractivity contribution in [3.05, 3.63) is 24.7 Å². The molecule has 1 aromatic heterocycles. The Kier molecular flexibility index (Phi) is 2.85. The molecule has 0 atom stereocenters. The fraction of sp³-hybridized carbons (Fsp3) is 0.250. The van der Waals surface area contributed by atoms with Crippen LogP contribution in [0.1, 0.15) is 12.6 Å². The standard InChI is InChI=1S/C8H9BN2O/c1-3-12-6(2)7-4-11-8(9)5-10-7/h4-5H,2-3H2,1H3. The van der Waals surface area contributed by atoms with Crippen molar-refractivity contribution in [2.45, 2.75) is 6.92 Å². The van der Waals surface area contributed by atoms with Crippen molar-refractivity contribution in [1.29, 1.82) is 0 Å². The number of ether oxygens (including phenoxy) is 1. The summed E-state index contributed by atoms with van der Waals surface area (Å²) in [6.07, 6.45) is 3.01. The van der Waals surface area contributed by atoms with Gasteiger partial charge < -0.3 is 4.74 Å². The molecule has 0 bridgehead atoms. The molecular weight excluding hydrogens is 151 g/mol. The summed E-state index contributed by atoms with van der Waals surface area (Å²) in [6, 6.07) is 0. The Balaban J connectivity index is 2.75. The monoisotopic (exact) mass is 160 g/mol. The van der Waals surface area contributed by atoms with E-state index in [1.807, 2.05) is 6.92 Å². The Labute approximate surface area is 72.9 Å². The summed E-state index contributed by atoms with van der Waals surface area (Å²) < 4.78 is 5.13. The molecule has 0 amide bonds. The molecule has 0 spiro atoms. The van der Waals surface area contributed by atoms with Crippen LogP contribution in [0.3, 0.4) is 0 Å². The average Bonchev–Trinajstić information content (AvgIpc) is 2.06. The highest BCUT2D eigenvalue weighted by Crippen LogP contribution is 2.06. The van der Waals surface area contributed by atoms with Crippen LogP contribution in [0.5, 0.6) is 0 Å². The maximum absolute atomic E-state index is 5.36. The molecule has 0 aliphatic heterocycles. The van der Waals surface area contributed by atoms with Crippen molar-refractivity contribution in [2.24, 2.45) is 0 Å². The summed E-state index contributed by atoms with van der Waals surface area (Å²) in [5.74, 6) is 0.519. The lowest BCUT2D eigenvalue weighted by Crippen LogP contribution is -2.09. The van der Waals surface area contributed by atoms with Gasteiger partial charge in [-0.15, -0.1) is 0 Å². The molecule has 0 unspecified atom stereocenters. The second-order valence-electron chi connectivity index (χ2n) is 2.18. The van der Waals surface area contributed by atoms with Crippen molar-refractivity contribution >= 4 is 19.2 Å². The van der Waals surface area contributed by atoms with Gasteiger partial charge in [-0.1, -0.05) is 6.58 Å². The minimum absolute atomic E-state index is 0.392. The van der Waals surface area contributed by atoms with E-state index in [2.05, 4.69) is 16.5 Å². The van der Waals surface area contributed by atoms with Crippen molar-refractivity contribution < 1.29 is 4.74 Å². The fourth-order valence-electron chi connectivity index (χ4n) is 0.730. The van der Waals surface area contributed by atoms with Crippen LogP contribution in [0.15, 0.2) is 19.0 Å². The maximum atomic E-state index is 5.36. The molecule has 0 saturated carbocycles. The van der Waals surface area contributed by atoms with Gasteiger partial charge in [0.25, 0.3) is 0 Å². The average molecular weight is 160 g/mol. The molecule has 60 valence electrons. The van der Waals surface area contributed by atoms with E-state index in [1.54, 1.807) is 0 Å². The van der Waals surface area contributed by atoms with Crippen LogP contribution in [-0.2, 0) is 4.74 Å². The van der Waals surface area contributed by atoms with Gasteiger partial charge in [0.05, 0.1) is 12.8 Å². The zero-order valence-electron chi connectivity index (χ0n) is 6.95. The molecule has 0 saturated heterocycles. The van der Waals surface area contributed by atoms with Gasteiger partial charge in [-0.05, 0) is 6.92 Å². The number of hydrogen-bond donors (Lipinski definition) is 0. The molecule has 1 aromatic rings. The third-order valence-corrected chi connectivity index (χ3v) is 1.28. The molecule has 1 heterocycles. The molecule has 0 aromatic carbocycles. The number of aromatic nitrogens is 2. The molecule has 12 heavy (non-hydrogen) atoms. The highest BCUT2D eigenvalue weighted by Gasteiger charge is 1.99. The Morgan fingerprint density at radius 2 is 2.33 bits per heavy atom. The normalized spacial score (nSPS) is 9.42. The van der Waals surface area contributed by atoms with Crippen LogP contribution in [-0.4, -0.2) is 24.4 Å². The van der Waals surface area contributed by atoms with E-state index in [-0.39, 0.29) is 0 Å². The van der Waals surface area contributed by atoms with Gasteiger partial charge in [-0.2, -0.15) is 0 Å². The van der Waals surface area contributed by atoms with Gasteiger partial charge in [0.2, 0.25) is 0 Å². The second-order valence-corrected chi connectivity index (χ2v) is 2.18. The van der Waals surface area contributed by atoms with Gasteiger partial charge >= 0.3 is 0 Å². The third kappa shape index (κ3) is 2.08. The minimum atomic E-state index is 0.392. The van der Waals surface area contributed by atoms with E-state index in [9.17, 15) is 0 Å². The summed E-state index contributed by atoms with van der Waals surface area (Å²) in [7, 11) is 5.36. The lowest BCUT2D eigenvalue weighted by Gasteiger charge is -2.04. The van der Waals surface area contributed by atoms with Gasteiger partial charge in [0.1, 0.15) is 19.3 Å². The van der Waals surface area contributed by atoms with Gasteiger partial charge in [0.15, 0.2) is 0 Å². The Morgan fingerprint density at radius 1 is 1.58 bits per heavy atom. The predicted octanol–water partition coefficient (Wildman–Crippen LogP) is 0.278. The Hall–Kier alpha value is -1.32. The van der Waals surface area contributed by atoms with E-state index in [1.165, 1.54) is 12.4 Å². The van der Waals surface area contributed by atoms with E-state index >= 15 is 0 Å². The number of rotatable bonds is 3. The molecule has 4 heteroatoms. The molecule has 3 nitrogen and oxygen atoms in total. The molecular formula is C8H9BN2O. The molecule has 1 rings (SSSR count). The van der Waals surface area contributed by atoms with E-state index in [0.29, 0.717) is 23.7 Å².